The zero-order chi connectivity index (χ0) is 15.6. The fourth-order valence-corrected chi connectivity index (χ4v) is 3.20. The van der Waals surface area contributed by atoms with Crippen LogP contribution in [0.3, 0.4) is 0 Å². The van der Waals surface area contributed by atoms with E-state index in [1.807, 2.05) is 6.92 Å². The highest BCUT2D eigenvalue weighted by atomic mass is 32.2. The molecule has 0 aliphatic carbocycles. The predicted molar refractivity (Wildman–Crippen MR) is 80.9 cm³/mol. The number of para-hydroxylation sites is 1. The van der Waals surface area contributed by atoms with Crippen molar-refractivity contribution in [1.82, 2.24) is 9.55 Å². The van der Waals surface area contributed by atoms with Gasteiger partial charge >= 0.3 is 0 Å². The highest BCUT2D eigenvalue weighted by molar-refractivity contribution is 7.92. The number of rotatable bonds is 5. The molecule has 0 bridgehead atoms. The Morgan fingerprint density at radius 2 is 2.05 bits per heavy atom. The van der Waals surface area contributed by atoms with Gasteiger partial charge in [0, 0.05) is 12.7 Å². The molecule has 1 aromatic carbocycles. The molecule has 2 aromatic rings. The van der Waals surface area contributed by atoms with Gasteiger partial charge in [0.15, 0.2) is 5.03 Å². The van der Waals surface area contributed by atoms with Crippen LogP contribution >= 0.6 is 0 Å². The topological polar surface area (TPSA) is 84.2 Å². The Hall–Kier alpha value is -2.02. The summed E-state index contributed by atoms with van der Waals surface area (Å²) in [6.07, 6.45) is 2.40. The number of nitrogens with zero attached hydrogens (tertiary/aromatic N) is 2. The minimum Gasteiger partial charge on any atom is -0.506 e. The van der Waals surface area contributed by atoms with Crippen LogP contribution in [-0.2, 0) is 16.6 Å². The summed E-state index contributed by atoms with van der Waals surface area (Å²) < 4.78 is 29.0. The SMILES string of the molecule is CCCn1cc(S(=O)(=O)Nc2c(C)cccc2O)nc1C. The van der Waals surface area contributed by atoms with Crippen LogP contribution in [0.1, 0.15) is 24.7 Å². The molecule has 0 radical (unpaired) electrons. The first-order valence-electron chi connectivity index (χ1n) is 6.70. The van der Waals surface area contributed by atoms with E-state index in [1.165, 1.54) is 12.3 Å². The minimum absolute atomic E-state index is 0.0453. The maximum atomic E-state index is 12.4. The maximum Gasteiger partial charge on any atom is 0.281 e. The van der Waals surface area contributed by atoms with Gasteiger partial charge in [0.2, 0.25) is 0 Å². The molecule has 0 saturated heterocycles. The number of phenols is 1. The number of hydrogen-bond donors (Lipinski definition) is 2. The number of anilines is 1. The Morgan fingerprint density at radius 3 is 2.67 bits per heavy atom. The average molecular weight is 309 g/mol. The molecule has 2 rings (SSSR count). The van der Waals surface area contributed by atoms with Crippen molar-refractivity contribution in [3.05, 3.63) is 35.8 Å². The summed E-state index contributed by atoms with van der Waals surface area (Å²) in [5, 5.41) is 9.75. The van der Waals surface area contributed by atoms with Crippen molar-refractivity contribution >= 4 is 15.7 Å². The van der Waals surface area contributed by atoms with E-state index in [4.69, 9.17) is 0 Å². The number of aryl methyl sites for hydroxylation is 3. The van der Waals surface area contributed by atoms with Crippen LogP contribution in [0.4, 0.5) is 5.69 Å². The number of benzene rings is 1. The summed E-state index contributed by atoms with van der Waals surface area (Å²) in [6, 6.07) is 4.81. The van der Waals surface area contributed by atoms with Crippen molar-refractivity contribution in [1.29, 1.82) is 0 Å². The predicted octanol–water partition coefficient (Wildman–Crippen LogP) is 2.42. The van der Waals surface area contributed by atoms with Gasteiger partial charge in [-0.05, 0) is 31.9 Å². The lowest BCUT2D eigenvalue weighted by Crippen LogP contribution is -2.14. The monoisotopic (exact) mass is 309 g/mol. The number of imidazole rings is 1. The van der Waals surface area contributed by atoms with Gasteiger partial charge in [-0.15, -0.1) is 0 Å². The lowest BCUT2D eigenvalue weighted by atomic mass is 10.2. The maximum absolute atomic E-state index is 12.4. The van der Waals surface area contributed by atoms with E-state index >= 15 is 0 Å². The molecule has 1 heterocycles. The van der Waals surface area contributed by atoms with Crippen LogP contribution in [0, 0.1) is 13.8 Å². The summed E-state index contributed by atoms with van der Waals surface area (Å²) in [6.45, 7) is 6.21. The molecule has 0 unspecified atom stereocenters. The third-order valence-electron chi connectivity index (χ3n) is 3.18. The molecule has 0 aliphatic rings. The van der Waals surface area contributed by atoms with Crippen molar-refractivity contribution in [3.63, 3.8) is 0 Å². The molecule has 0 spiro atoms. The molecule has 2 N–H and O–H groups in total. The summed E-state index contributed by atoms with van der Waals surface area (Å²) in [7, 11) is -3.82. The Bertz CT molecular complexity index is 731. The Morgan fingerprint density at radius 1 is 1.33 bits per heavy atom. The van der Waals surface area contributed by atoms with Gasteiger partial charge in [0.1, 0.15) is 11.6 Å². The fourth-order valence-electron chi connectivity index (χ4n) is 2.05. The molecule has 1 aromatic heterocycles. The molecule has 0 atom stereocenters. The number of aromatic nitrogens is 2. The van der Waals surface area contributed by atoms with Crippen molar-refractivity contribution in [2.75, 3.05) is 4.72 Å². The van der Waals surface area contributed by atoms with E-state index in [9.17, 15) is 13.5 Å². The van der Waals surface area contributed by atoms with Gasteiger partial charge in [0.25, 0.3) is 10.0 Å². The van der Waals surface area contributed by atoms with E-state index in [2.05, 4.69) is 9.71 Å². The van der Waals surface area contributed by atoms with Gasteiger partial charge in [-0.1, -0.05) is 19.1 Å². The first-order chi connectivity index (χ1) is 9.85. The Labute approximate surface area is 124 Å². The normalized spacial score (nSPS) is 11.6. The minimum atomic E-state index is -3.82. The van der Waals surface area contributed by atoms with Crippen molar-refractivity contribution in [2.45, 2.75) is 38.8 Å². The summed E-state index contributed by atoms with van der Waals surface area (Å²) >= 11 is 0. The average Bonchev–Trinajstić information content (AvgIpc) is 2.77. The largest absolute Gasteiger partial charge is 0.506 e. The van der Waals surface area contributed by atoms with Crippen LogP contribution in [0.2, 0.25) is 0 Å². The number of hydrogen-bond acceptors (Lipinski definition) is 4. The van der Waals surface area contributed by atoms with E-state index in [1.54, 1.807) is 30.5 Å². The second-order valence-electron chi connectivity index (χ2n) is 4.89. The Balaban J connectivity index is 2.37. The number of phenolic OH excluding ortho intramolecular Hbond substituents is 1. The zero-order valence-corrected chi connectivity index (χ0v) is 13.1. The molecule has 7 heteroatoms. The second kappa shape index (κ2) is 5.77. The van der Waals surface area contributed by atoms with E-state index < -0.39 is 10.0 Å². The summed E-state index contributed by atoms with van der Waals surface area (Å²) in [4.78, 5) is 4.09. The van der Waals surface area contributed by atoms with Crippen LogP contribution in [-0.4, -0.2) is 23.1 Å². The zero-order valence-electron chi connectivity index (χ0n) is 12.3. The molecule has 6 nitrogen and oxygen atoms in total. The smallest absolute Gasteiger partial charge is 0.281 e. The quantitative estimate of drug-likeness (QED) is 0.831. The second-order valence-corrected chi connectivity index (χ2v) is 6.52. The molecular formula is C14H19N3O3S. The van der Waals surface area contributed by atoms with Gasteiger partial charge < -0.3 is 9.67 Å². The van der Waals surface area contributed by atoms with Crippen molar-refractivity contribution in [3.8, 4) is 5.75 Å². The van der Waals surface area contributed by atoms with Gasteiger partial charge in [-0.2, -0.15) is 8.42 Å². The highest BCUT2D eigenvalue weighted by Gasteiger charge is 2.21. The van der Waals surface area contributed by atoms with Gasteiger partial charge in [0.05, 0.1) is 5.69 Å². The highest BCUT2D eigenvalue weighted by Crippen LogP contribution is 2.28. The van der Waals surface area contributed by atoms with Crippen LogP contribution in [0.5, 0.6) is 5.75 Å². The molecular weight excluding hydrogens is 290 g/mol. The first kappa shape index (κ1) is 15.4. The molecule has 21 heavy (non-hydrogen) atoms. The molecule has 0 fully saturated rings. The van der Waals surface area contributed by atoms with Crippen LogP contribution < -0.4 is 4.72 Å². The van der Waals surface area contributed by atoms with Crippen molar-refractivity contribution in [2.24, 2.45) is 0 Å². The lowest BCUT2D eigenvalue weighted by Gasteiger charge is -2.10. The molecule has 0 amide bonds. The number of sulfonamides is 1. The van der Waals surface area contributed by atoms with Gasteiger partial charge in [-0.25, -0.2) is 4.98 Å². The molecule has 0 aliphatic heterocycles. The third kappa shape index (κ3) is 3.18. The van der Waals surface area contributed by atoms with Crippen molar-refractivity contribution < 1.29 is 13.5 Å². The standard InChI is InChI=1S/C14H19N3O3S/c1-4-8-17-9-13(15-11(17)3)21(19,20)16-14-10(2)6-5-7-12(14)18/h5-7,9,16,18H,4,8H2,1-3H3. The van der Waals surface area contributed by atoms with E-state index in [0.29, 0.717) is 17.9 Å². The van der Waals surface area contributed by atoms with E-state index in [-0.39, 0.29) is 16.5 Å². The van der Waals surface area contributed by atoms with Crippen LogP contribution in [0.25, 0.3) is 0 Å². The summed E-state index contributed by atoms with van der Waals surface area (Å²) in [5.74, 6) is 0.537. The van der Waals surface area contributed by atoms with Gasteiger partial charge in [-0.3, -0.25) is 4.72 Å². The third-order valence-corrected chi connectivity index (χ3v) is 4.40. The fraction of sp³-hybridized carbons (Fsp3) is 0.357. The first-order valence-corrected chi connectivity index (χ1v) is 8.18. The summed E-state index contributed by atoms with van der Waals surface area (Å²) in [5.41, 5.74) is 0.823. The van der Waals surface area contributed by atoms with E-state index in [0.717, 1.165) is 6.42 Å². The molecule has 0 saturated carbocycles. The van der Waals surface area contributed by atoms with Crippen LogP contribution in [0.15, 0.2) is 29.4 Å². The Kier molecular flexibility index (Phi) is 4.22. The number of aromatic hydroxyl groups is 1. The molecule has 114 valence electrons. The number of nitrogens with one attached hydrogen (secondary N) is 1. The lowest BCUT2D eigenvalue weighted by molar-refractivity contribution is 0.477.